The van der Waals surface area contributed by atoms with Gasteiger partial charge in [-0.3, -0.25) is 9.11 Å². The summed E-state index contributed by atoms with van der Waals surface area (Å²) in [4.78, 5) is 15.4. The quantitative estimate of drug-likeness (QED) is 0.692. The number of aromatic carboxylic acids is 1. The summed E-state index contributed by atoms with van der Waals surface area (Å²) in [6, 6.07) is 6.66. The maximum atomic E-state index is 14.5. The number of hydrogen-bond acceptors (Lipinski definition) is 6. The molecule has 2 heterocycles. The van der Waals surface area contributed by atoms with Gasteiger partial charge in [-0.15, -0.1) is 0 Å². The van der Waals surface area contributed by atoms with Crippen molar-refractivity contribution in [3.8, 4) is 11.3 Å². The van der Waals surface area contributed by atoms with Gasteiger partial charge in [-0.2, -0.15) is 0 Å². The third-order valence-electron chi connectivity index (χ3n) is 4.93. The fourth-order valence-electron chi connectivity index (χ4n) is 3.17. The van der Waals surface area contributed by atoms with Crippen LogP contribution in [0.5, 0.6) is 0 Å². The van der Waals surface area contributed by atoms with E-state index in [0.29, 0.717) is 0 Å². The van der Waals surface area contributed by atoms with E-state index >= 15 is 0 Å². The zero-order valence-corrected chi connectivity index (χ0v) is 15.3. The normalized spacial score (nSPS) is 22.7. The molecule has 0 bridgehead atoms. The predicted molar refractivity (Wildman–Crippen MR) is 98.2 cm³/mol. The van der Waals surface area contributed by atoms with E-state index in [1.807, 2.05) is 0 Å². The summed E-state index contributed by atoms with van der Waals surface area (Å²) in [5.74, 6) is -6.12. The first kappa shape index (κ1) is 18.8. The second kappa shape index (κ2) is 6.00. The van der Waals surface area contributed by atoms with Gasteiger partial charge < -0.3 is 5.11 Å². The molecule has 1 aromatic heterocycles. The molecule has 7 nitrogen and oxygen atoms in total. The van der Waals surface area contributed by atoms with Gasteiger partial charge in [-0.1, -0.05) is 6.07 Å². The summed E-state index contributed by atoms with van der Waals surface area (Å²) in [5.41, 5.74) is -0.265. The molecular weight excluding hydrogens is 399 g/mol. The number of aromatic nitrogens is 1. The van der Waals surface area contributed by atoms with Crippen LogP contribution in [0.2, 0.25) is 0 Å². The highest BCUT2D eigenvalue weighted by atomic mass is 32.3. The summed E-state index contributed by atoms with van der Waals surface area (Å²) in [6.07, 6.45) is -0.323. The molecule has 1 aliphatic heterocycles. The number of carbonyl (C=O) groups is 1. The van der Waals surface area contributed by atoms with Crippen LogP contribution in [0.15, 0.2) is 30.3 Å². The first-order valence-corrected chi connectivity index (χ1v) is 9.71. The molecule has 0 radical (unpaired) electrons. The Bertz CT molecular complexity index is 988. The van der Waals surface area contributed by atoms with Gasteiger partial charge in [0.15, 0.2) is 5.82 Å². The van der Waals surface area contributed by atoms with Gasteiger partial charge in [0.05, 0.1) is 11.3 Å². The van der Waals surface area contributed by atoms with Crippen LogP contribution in [0.3, 0.4) is 0 Å². The Morgan fingerprint density at radius 3 is 2.61 bits per heavy atom. The van der Waals surface area contributed by atoms with Crippen LogP contribution < -0.4 is 8.61 Å². The Morgan fingerprint density at radius 2 is 2.00 bits per heavy atom. The van der Waals surface area contributed by atoms with Crippen molar-refractivity contribution in [2.45, 2.75) is 12.3 Å². The molecule has 1 aromatic carbocycles. The highest BCUT2D eigenvalue weighted by Gasteiger charge is 2.59. The van der Waals surface area contributed by atoms with Crippen molar-refractivity contribution in [3.05, 3.63) is 41.7 Å². The lowest BCUT2D eigenvalue weighted by Crippen LogP contribution is -2.33. The Morgan fingerprint density at radius 1 is 1.32 bits per heavy atom. The van der Waals surface area contributed by atoms with Crippen molar-refractivity contribution in [1.29, 1.82) is 0 Å². The zero-order chi connectivity index (χ0) is 20.4. The smallest absolute Gasteiger partial charge is 0.338 e. The molecule has 0 spiro atoms. The summed E-state index contributed by atoms with van der Waals surface area (Å²) in [5, 5.41) is 9.07. The molecule has 150 valence electrons. The molecule has 4 rings (SSSR count). The molecule has 28 heavy (non-hydrogen) atoms. The third-order valence-corrected chi connectivity index (χ3v) is 6.78. The van der Waals surface area contributed by atoms with E-state index in [4.69, 9.17) is 5.11 Å². The van der Waals surface area contributed by atoms with Gasteiger partial charge in [0.2, 0.25) is 0 Å². The molecular formula is C17H16F3N3O4S. The van der Waals surface area contributed by atoms with E-state index < -0.39 is 40.2 Å². The molecule has 2 aromatic rings. The largest absolute Gasteiger partial charge is 0.478 e. The standard InChI is InChI=1S/C17H16F3N3O4S/c1-22-15-13(23(28(22,26)27)8-9-7-17(9,19)20)6-5-12(21-15)10-3-2-4-11(14(10)18)16(24)25/h2-6,9,26-27H,7-8H2,1H3,(H,24,25). The Balaban J connectivity index is 1.75. The van der Waals surface area contributed by atoms with Crippen LogP contribution in [0.4, 0.5) is 24.7 Å². The van der Waals surface area contributed by atoms with Crippen molar-refractivity contribution in [3.63, 3.8) is 0 Å². The number of nitrogens with zero attached hydrogens (tertiary/aromatic N) is 3. The number of halogens is 3. The maximum absolute atomic E-state index is 14.5. The zero-order valence-electron chi connectivity index (χ0n) is 14.5. The van der Waals surface area contributed by atoms with E-state index in [0.717, 1.165) is 14.7 Å². The number of pyridine rings is 1. The van der Waals surface area contributed by atoms with Crippen molar-refractivity contribution in [1.82, 2.24) is 4.98 Å². The number of rotatable bonds is 4. The average molecular weight is 415 g/mol. The number of carboxylic acid groups (broad SMARTS) is 1. The summed E-state index contributed by atoms with van der Waals surface area (Å²) in [7, 11) is -2.23. The topological polar surface area (TPSA) is 97.1 Å². The molecule has 11 heteroatoms. The molecule has 2 aliphatic rings. The highest BCUT2D eigenvalue weighted by molar-refractivity contribution is 8.26. The van der Waals surface area contributed by atoms with Gasteiger partial charge >= 0.3 is 5.97 Å². The lowest BCUT2D eigenvalue weighted by molar-refractivity contribution is 0.0691. The molecule has 0 saturated heterocycles. The van der Waals surface area contributed by atoms with Crippen molar-refractivity contribution >= 4 is 28.4 Å². The lowest BCUT2D eigenvalue weighted by atomic mass is 10.1. The number of alkyl halides is 2. The average Bonchev–Trinajstić information content (AvgIpc) is 3.19. The van der Waals surface area contributed by atoms with E-state index in [2.05, 4.69) is 4.98 Å². The first-order chi connectivity index (χ1) is 13.0. The van der Waals surface area contributed by atoms with Gasteiger partial charge in [-0.05, 0) is 35.2 Å². The predicted octanol–water partition coefficient (Wildman–Crippen LogP) is 4.08. The van der Waals surface area contributed by atoms with Crippen LogP contribution in [0.25, 0.3) is 11.3 Å². The van der Waals surface area contributed by atoms with Gasteiger partial charge in [0.1, 0.15) is 11.5 Å². The molecule has 1 saturated carbocycles. The number of carboxylic acids is 1. The fraction of sp³-hybridized carbons (Fsp3) is 0.294. The van der Waals surface area contributed by atoms with Crippen LogP contribution in [0.1, 0.15) is 16.8 Å². The minimum atomic E-state index is -3.58. The van der Waals surface area contributed by atoms with E-state index in [9.17, 15) is 27.1 Å². The van der Waals surface area contributed by atoms with Crippen molar-refractivity contribution in [2.75, 3.05) is 22.2 Å². The van der Waals surface area contributed by atoms with E-state index in [1.54, 1.807) is 0 Å². The van der Waals surface area contributed by atoms with Crippen LogP contribution in [0, 0.1) is 11.7 Å². The Hall–Kier alpha value is -2.50. The van der Waals surface area contributed by atoms with Crippen LogP contribution in [-0.2, 0) is 0 Å². The summed E-state index contributed by atoms with van der Waals surface area (Å²) in [6.45, 7) is -0.253. The van der Waals surface area contributed by atoms with Crippen LogP contribution in [-0.4, -0.2) is 44.7 Å². The summed E-state index contributed by atoms with van der Waals surface area (Å²) >= 11 is 0. The van der Waals surface area contributed by atoms with Gasteiger partial charge in [-0.25, -0.2) is 31.6 Å². The first-order valence-electron chi connectivity index (χ1n) is 8.25. The Kier molecular flexibility index (Phi) is 4.04. The molecule has 1 aliphatic carbocycles. The van der Waals surface area contributed by atoms with E-state index in [1.165, 1.54) is 31.3 Å². The molecule has 1 fully saturated rings. The monoisotopic (exact) mass is 415 g/mol. The molecule has 1 unspecified atom stereocenters. The van der Waals surface area contributed by atoms with Crippen molar-refractivity contribution < 1.29 is 32.2 Å². The number of benzene rings is 1. The van der Waals surface area contributed by atoms with Crippen molar-refractivity contribution in [2.24, 2.45) is 5.92 Å². The second-order valence-corrected chi connectivity index (χ2v) is 8.69. The number of anilines is 2. The third kappa shape index (κ3) is 2.77. The number of hydrogen-bond donors (Lipinski definition) is 3. The minimum absolute atomic E-state index is 0.0697. The van der Waals surface area contributed by atoms with Gasteiger partial charge in [0.25, 0.3) is 5.92 Å². The molecule has 1 atom stereocenters. The highest BCUT2D eigenvalue weighted by Crippen LogP contribution is 2.62. The van der Waals surface area contributed by atoms with Gasteiger partial charge in [0, 0.05) is 31.5 Å². The SMILES string of the molecule is CN1c2nc(-c3cccc(C(=O)O)c3F)ccc2N(CC2CC2(F)F)S1(O)O. The lowest BCUT2D eigenvalue weighted by Gasteiger charge is -2.41. The van der Waals surface area contributed by atoms with E-state index in [-0.39, 0.29) is 35.7 Å². The molecule has 0 amide bonds. The second-order valence-electron chi connectivity index (χ2n) is 6.72. The summed E-state index contributed by atoms with van der Waals surface area (Å²) < 4.78 is 64.3. The van der Waals surface area contributed by atoms with Crippen LogP contribution >= 0.6 is 11.0 Å². The fourth-order valence-corrected chi connectivity index (χ4v) is 4.62. The number of fused-ring (bicyclic) bond motifs is 1. The minimum Gasteiger partial charge on any atom is -0.478 e. The molecule has 3 N–H and O–H groups in total. The maximum Gasteiger partial charge on any atom is 0.338 e. The Labute approximate surface area is 159 Å².